The van der Waals surface area contributed by atoms with E-state index in [4.69, 9.17) is 9.15 Å². The summed E-state index contributed by atoms with van der Waals surface area (Å²) in [4.78, 5) is 12.2. The third-order valence-corrected chi connectivity index (χ3v) is 2.75. The Labute approximate surface area is 110 Å². The predicted molar refractivity (Wildman–Crippen MR) is 71.1 cm³/mol. The van der Waals surface area contributed by atoms with Gasteiger partial charge in [0.25, 0.3) is 0 Å². The number of esters is 1. The molecule has 0 saturated carbocycles. The predicted octanol–water partition coefficient (Wildman–Crippen LogP) is 4.35. The van der Waals surface area contributed by atoms with E-state index in [0.717, 1.165) is 6.42 Å². The highest BCUT2D eigenvalue weighted by atomic mass is 16.6. The zero-order chi connectivity index (χ0) is 14.0. The molecule has 1 rings (SSSR count). The highest BCUT2D eigenvalue weighted by molar-refractivity contribution is 5.76. The molecule has 0 N–H and O–H groups in total. The van der Waals surface area contributed by atoms with E-state index in [-0.39, 0.29) is 17.5 Å². The molecule has 0 amide bonds. The fraction of sp³-hybridized carbons (Fsp3) is 0.667. The molecule has 0 fully saturated rings. The topological polar surface area (TPSA) is 39.4 Å². The Balaban J connectivity index is 2.65. The van der Waals surface area contributed by atoms with E-state index >= 15 is 0 Å². The molecule has 1 aromatic heterocycles. The molecule has 0 spiro atoms. The van der Waals surface area contributed by atoms with Gasteiger partial charge in [-0.25, -0.2) is 0 Å². The standard InChI is InChI=1S/C15H24O3/c1-11(12-8-7-9-17-12)18-13(16)15(5,6)10-14(2,3)4/h7-9,11H,10H2,1-6H3. The van der Waals surface area contributed by atoms with Gasteiger partial charge in [0.15, 0.2) is 6.10 Å². The van der Waals surface area contributed by atoms with Gasteiger partial charge in [-0.3, -0.25) is 4.79 Å². The van der Waals surface area contributed by atoms with Crippen LogP contribution in [0, 0.1) is 10.8 Å². The SMILES string of the molecule is CC(OC(=O)C(C)(C)CC(C)(C)C)c1ccco1. The van der Waals surface area contributed by atoms with Crippen molar-refractivity contribution in [3.63, 3.8) is 0 Å². The Morgan fingerprint density at radius 3 is 2.39 bits per heavy atom. The molecule has 0 radical (unpaired) electrons. The smallest absolute Gasteiger partial charge is 0.312 e. The minimum Gasteiger partial charge on any atom is -0.465 e. The lowest BCUT2D eigenvalue weighted by Crippen LogP contribution is -2.31. The summed E-state index contributed by atoms with van der Waals surface area (Å²) >= 11 is 0. The molecule has 0 saturated heterocycles. The van der Waals surface area contributed by atoms with Crippen molar-refractivity contribution in [2.24, 2.45) is 10.8 Å². The average molecular weight is 252 g/mol. The number of rotatable bonds is 4. The molecule has 1 heterocycles. The second kappa shape index (κ2) is 5.17. The van der Waals surface area contributed by atoms with Crippen LogP contribution >= 0.6 is 0 Å². The van der Waals surface area contributed by atoms with Gasteiger partial charge in [-0.15, -0.1) is 0 Å². The molecule has 1 unspecified atom stereocenters. The molecule has 1 atom stereocenters. The lowest BCUT2D eigenvalue weighted by Gasteiger charge is -2.31. The van der Waals surface area contributed by atoms with Crippen LogP contribution in [0.4, 0.5) is 0 Å². The Morgan fingerprint density at radius 2 is 1.94 bits per heavy atom. The van der Waals surface area contributed by atoms with Gasteiger partial charge in [0.05, 0.1) is 11.7 Å². The zero-order valence-corrected chi connectivity index (χ0v) is 12.2. The maximum absolute atomic E-state index is 12.2. The molecule has 0 aliphatic heterocycles. The lowest BCUT2D eigenvalue weighted by atomic mass is 9.76. The van der Waals surface area contributed by atoms with Crippen molar-refractivity contribution < 1.29 is 13.9 Å². The van der Waals surface area contributed by atoms with Crippen LogP contribution in [-0.2, 0) is 9.53 Å². The van der Waals surface area contributed by atoms with Crippen LogP contribution in [0.25, 0.3) is 0 Å². The fourth-order valence-corrected chi connectivity index (χ4v) is 2.30. The first-order valence-electron chi connectivity index (χ1n) is 6.36. The molecule has 0 aliphatic carbocycles. The first-order valence-corrected chi connectivity index (χ1v) is 6.36. The Hall–Kier alpha value is -1.25. The molecule has 0 bridgehead atoms. The maximum Gasteiger partial charge on any atom is 0.312 e. The number of hydrogen-bond donors (Lipinski definition) is 0. The Bertz CT molecular complexity index is 382. The summed E-state index contributed by atoms with van der Waals surface area (Å²) in [6, 6.07) is 3.61. The minimum absolute atomic E-state index is 0.0937. The van der Waals surface area contributed by atoms with Crippen LogP contribution in [0.2, 0.25) is 0 Å². The number of carbonyl (C=O) groups is 1. The third-order valence-electron chi connectivity index (χ3n) is 2.75. The van der Waals surface area contributed by atoms with Crippen molar-refractivity contribution in [3.8, 4) is 0 Å². The van der Waals surface area contributed by atoms with E-state index in [1.165, 1.54) is 0 Å². The summed E-state index contributed by atoms with van der Waals surface area (Å²) in [5.41, 5.74) is -0.393. The maximum atomic E-state index is 12.2. The third kappa shape index (κ3) is 4.21. The summed E-state index contributed by atoms with van der Waals surface area (Å²) < 4.78 is 10.7. The largest absolute Gasteiger partial charge is 0.465 e. The first-order chi connectivity index (χ1) is 8.12. The molecule has 0 aromatic carbocycles. The summed E-state index contributed by atoms with van der Waals surface area (Å²) in [6.45, 7) is 12.0. The monoisotopic (exact) mass is 252 g/mol. The lowest BCUT2D eigenvalue weighted by molar-refractivity contribution is -0.161. The van der Waals surface area contributed by atoms with Crippen molar-refractivity contribution in [2.45, 2.75) is 54.1 Å². The number of hydrogen-bond acceptors (Lipinski definition) is 3. The Morgan fingerprint density at radius 1 is 1.33 bits per heavy atom. The first kappa shape index (κ1) is 14.8. The normalized spacial score (nSPS) is 14.3. The van der Waals surface area contributed by atoms with E-state index < -0.39 is 5.41 Å². The van der Waals surface area contributed by atoms with Gasteiger partial charge in [-0.1, -0.05) is 20.8 Å². The second-order valence-electron chi connectivity index (χ2n) is 6.68. The molecule has 102 valence electrons. The van der Waals surface area contributed by atoms with Gasteiger partial charge in [-0.2, -0.15) is 0 Å². The van der Waals surface area contributed by atoms with Gasteiger partial charge >= 0.3 is 5.97 Å². The second-order valence-corrected chi connectivity index (χ2v) is 6.68. The zero-order valence-electron chi connectivity index (χ0n) is 12.2. The summed E-state index contributed by atoms with van der Waals surface area (Å²) in [5.74, 6) is 0.497. The van der Waals surface area contributed by atoms with E-state index in [1.54, 1.807) is 12.3 Å². The van der Waals surface area contributed by atoms with Gasteiger partial charge in [-0.05, 0) is 44.7 Å². The van der Waals surface area contributed by atoms with E-state index in [9.17, 15) is 4.79 Å². The van der Waals surface area contributed by atoms with Crippen molar-refractivity contribution in [1.82, 2.24) is 0 Å². The van der Waals surface area contributed by atoms with Crippen LogP contribution < -0.4 is 0 Å². The number of ether oxygens (including phenoxy) is 1. The quantitative estimate of drug-likeness (QED) is 0.748. The van der Waals surface area contributed by atoms with Crippen LogP contribution in [0.15, 0.2) is 22.8 Å². The number of carbonyl (C=O) groups excluding carboxylic acids is 1. The average Bonchev–Trinajstić information content (AvgIpc) is 2.65. The van der Waals surface area contributed by atoms with E-state index in [0.29, 0.717) is 5.76 Å². The Kier molecular flexibility index (Phi) is 4.25. The number of furan rings is 1. The van der Waals surface area contributed by atoms with E-state index in [2.05, 4.69) is 20.8 Å². The molecule has 0 aliphatic rings. The van der Waals surface area contributed by atoms with Gasteiger partial charge in [0, 0.05) is 0 Å². The van der Waals surface area contributed by atoms with Crippen LogP contribution in [0.5, 0.6) is 0 Å². The van der Waals surface area contributed by atoms with Crippen molar-refractivity contribution >= 4 is 5.97 Å². The molecule has 1 aromatic rings. The van der Waals surface area contributed by atoms with Gasteiger partial charge in [0.1, 0.15) is 5.76 Å². The van der Waals surface area contributed by atoms with Gasteiger partial charge in [0.2, 0.25) is 0 Å². The van der Waals surface area contributed by atoms with Gasteiger partial charge < -0.3 is 9.15 Å². The summed E-state index contributed by atoms with van der Waals surface area (Å²) in [5, 5.41) is 0. The van der Waals surface area contributed by atoms with Crippen LogP contribution in [0.1, 0.15) is 59.8 Å². The summed E-state index contributed by atoms with van der Waals surface area (Å²) in [6.07, 6.45) is 2.02. The van der Waals surface area contributed by atoms with Crippen molar-refractivity contribution in [2.75, 3.05) is 0 Å². The highest BCUT2D eigenvalue weighted by Crippen LogP contribution is 2.35. The van der Waals surface area contributed by atoms with Crippen LogP contribution in [0.3, 0.4) is 0 Å². The fourth-order valence-electron chi connectivity index (χ4n) is 2.30. The molecule has 3 nitrogen and oxygen atoms in total. The highest BCUT2D eigenvalue weighted by Gasteiger charge is 2.35. The summed E-state index contributed by atoms with van der Waals surface area (Å²) in [7, 11) is 0. The van der Waals surface area contributed by atoms with Crippen LogP contribution in [-0.4, -0.2) is 5.97 Å². The molecular weight excluding hydrogens is 228 g/mol. The molecule has 18 heavy (non-hydrogen) atoms. The van der Waals surface area contributed by atoms with E-state index in [1.807, 2.05) is 26.8 Å². The van der Waals surface area contributed by atoms with Crippen molar-refractivity contribution in [1.29, 1.82) is 0 Å². The minimum atomic E-state index is -0.487. The van der Waals surface area contributed by atoms with Crippen molar-refractivity contribution in [3.05, 3.63) is 24.2 Å². The molecular formula is C15H24O3. The molecule has 3 heteroatoms.